The van der Waals surface area contributed by atoms with Gasteiger partial charge in [0.05, 0.1) is 19.6 Å². The highest BCUT2D eigenvalue weighted by Gasteiger charge is 2.06. The van der Waals surface area contributed by atoms with Crippen LogP contribution in [0.5, 0.6) is 5.75 Å². The molecule has 17 heavy (non-hydrogen) atoms. The van der Waals surface area contributed by atoms with Crippen molar-refractivity contribution in [3.63, 3.8) is 0 Å². The van der Waals surface area contributed by atoms with Gasteiger partial charge in [-0.1, -0.05) is 17.7 Å². The standard InChI is InChI=1S/C12H16ClNO3/c1-9(8-15)14-12(16)5-6-17-11-4-2-3-10(13)7-11/h2-4,7,9,15H,5-6,8H2,1H3,(H,14,16)/t9-/m1/s1. The van der Waals surface area contributed by atoms with Gasteiger partial charge in [0.25, 0.3) is 0 Å². The average Bonchev–Trinajstić information content (AvgIpc) is 2.29. The Kier molecular flexibility index (Phi) is 5.80. The first kappa shape index (κ1) is 13.8. The zero-order valence-corrected chi connectivity index (χ0v) is 10.4. The lowest BCUT2D eigenvalue weighted by Crippen LogP contribution is -2.35. The molecule has 1 aromatic rings. The van der Waals surface area contributed by atoms with Crippen LogP contribution in [0.1, 0.15) is 13.3 Å². The van der Waals surface area contributed by atoms with E-state index in [2.05, 4.69) is 5.32 Å². The summed E-state index contributed by atoms with van der Waals surface area (Å²) in [6.07, 6.45) is 0.247. The molecule has 1 atom stereocenters. The van der Waals surface area contributed by atoms with Crippen molar-refractivity contribution in [3.8, 4) is 5.75 Å². The summed E-state index contributed by atoms with van der Waals surface area (Å²) in [6, 6.07) is 6.78. The van der Waals surface area contributed by atoms with E-state index in [4.69, 9.17) is 21.4 Å². The Labute approximate surface area is 106 Å². The number of halogens is 1. The summed E-state index contributed by atoms with van der Waals surface area (Å²) in [5.74, 6) is 0.495. The van der Waals surface area contributed by atoms with Gasteiger partial charge < -0.3 is 15.2 Å². The summed E-state index contributed by atoms with van der Waals surface area (Å²) >= 11 is 5.79. The molecular formula is C12H16ClNO3. The Morgan fingerprint density at radius 2 is 2.35 bits per heavy atom. The van der Waals surface area contributed by atoms with Crippen molar-refractivity contribution in [1.29, 1.82) is 0 Å². The summed E-state index contributed by atoms with van der Waals surface area (Å²) in [6.45, 7) is 1.95. The minimum absolute atomic E-state index is 0.0686. The molecule has 0 bridgehead atoms. The van der Waals surface area contributed by atoms with Crippen LogP contribution in [-0.2, 0) is 4.79 Å². The molecule has 0 aliphatic rings. The van der Waals surface area contributed by atoms with Crippen LogP contribution in [0.2, 0.25) is 5.02 Å². The minimum Gasteiger partial charge on any atom is -0.493 e. The van der Waals surface area contributed by atoms with Crippen LogP contribution in [0, 0.1) is 0 Å². The number of nitrogens with one attached hydrogen (secondary N) is 1. The maximum absolute atomic E-state index is 11.3. The number of ether oxygens (including phenoxy) is 1. The highest BCUT2D eigenvalue weighted by Crippen LogP contribution is 2.16. The van der Waals surface area contributed by atoms with Crippen molar-refractivity contribution in [3.05, 3.63) is 29.3 Å². The quantitative estimate of drug-likeness (QED) is 0.814. The zero-order valence-electron chi connectivity index (χ0n) is 9.65. The van der Waals surface area contributed by atoms with E-state index < -0.39 is 0 Å². The first-order valence-electron chi connectivity index (χ1n) is 5.40. The van der Waals surface area contributed by atoms with Gasteiger partial charge in [0.1, 0.15) is 5.75 Å². The molecular weight excluding hydrogens is 242 g/mol. The minimum atomic E-state index is -0.228. The lowest BCUT2D eigenvalue weighted by atomic mass is 10.3. The van der Waals surface area contributed by atoms with E-state index in [1.54, 1.807) is 31.2 Å². The lowest BCUT2D eigenvalue weighted by molar-refractivity contribution is -0.122. The molecule has 0 spiro atoms. The molecule has 94 valence electrons. The third kappa shape index (κ3) is 5.56. The number of aliphatic hydroxyl groups is 1. The third-order valence-electron chi connectivity index (χ3n) is 2.08. The second-order valence-corrected chi connectivity index (χ2v) is 4.14. The number of hydrogen-bond donors (Lipinski definition) is 2. The number of aliphatic hydroxyl groups excluding tert-OH is 1. The van der Waals surface area contributed by atoms with Gasteiger partial charge in [-0.05, 0) is 25.1 Å². The number of hydrogen-bond acceptors (Lipinski definition) is 3. The van der Waals surface area contributed by atoms with Gasteiger partial charge in [-0.2, -0.15) is 0 Å². The maximum Gasteiger partial charge on any atom is 0.223 e. The van der Waals surface area contributed by atoms with Crippen LogP contribution in [0.25, 0.3) is 0 Å². The monoisotopic (exact) mass is 257 g/mol. The molecule has 0 radical (unpaired) electrons. The Morgan fingerprint density at radius 3 is 3.00 bits per heavy atom. The van der Waals surface area contributed by atoms with E-state index >= 15 is 0 Å². The molecule has 1 amide bonds. The second-order valence-electron chi connectivity index (χ2n) is 3.71. The molecule has 0 saturated heterocycles. The van der Waals surface area contributed by atoms with Crippen LogP contribution in [0.3, 0.4) is 0 Å². The van der Waals surface area contributed by atoms with Crippen LogP contribution < -0.4 is 10.1 Å². The normalized spacial score (nSPS) is 11.9. The molecule has 1 rings (SSSR count). The summed E-state index contributed by atoms with van der Waals surface area (Å²) in [7, 11) is 0. The first-order valence-corrected chi connectivity index (χ1v) is 5.78. The fourth-order valence-corrected chi connectivity index (χ4v) is 1.39. The predicted molar refractivity (Wildman–Crippen MR) is 66.3 cm³/mol. The largest absolute Gasteiger partial charge is 0.493 e. The predicted octanol–water partition coefficient (Wildman–Crippen LogP) is 1.61. The van der Waals surface area contributed by atoms with Crippen LogP contribution in [0.15, 0.2) is 24.3 Å². The van der Waals surface area contributed by atoms with Crippen molar-refractivity contribution in [1.82, 2.24) is 5.32 Å². The van der Waals surface area contributed by atoms with Gasteiger partial charge in [-0.25, -0.2) is 0 Å². The fourth-order valence-electron chi connectivity index (χ4n) is 1.21. The highest BCUT2D eigenvalue weighted by molar-refractivity contribution is 6.30. The summed E-state index contributed by atoms with van der Waals surface area (Å²) in [5, 5.41) is 12.0. The van der Waals surface area contributed by atoms with E-state index in [0.717, 1.165) is 0 Å². The van der Waals surface area contributed by atoms with Gasteiger partial charge >= 0.3 is 0 Å². The molecule has 0 aliphatic carbocycles. The van der Waals surface area contributed by atoms with Gasteiger partial charge in [0.2, 0.25) is 5.91 Å². The molecule has 2 N–H and O–H groups in total. The van der Waals surface area contributed by atoms with Crippen molar-refractivity contribution >= 4 is 17.5 Å². The van der Waals surface area contributed by atoms with E-state index in [-0.39, 0.29) is 31.6 Å². The molecule has 1 aromatic carbocycles. The van der Waals surface area contributed by atoms with E-state index in [1.807, 2.05) is 0 Å². The zero-order chi connectivity index (χ0) is 12.7. The fraction of sp³-hybridized carbons (Fsp3) is 0.417. The van der Waals surface area contributed by atoms with Crippen LogP contribution >= 0.6 is 11.6 Å². The molecule has 4 nitrogen and oxygen atoms in total. The smallest absolute Gasteiger partial charge is 0.223 e. The summed E-state index contributed by atoms with van der Waals surface area (Å²) in [5.41, 5.74) is 0. The number of amides is 1. The SMILES string of the molecule is C[C@H](CO)NC(=O)CCOc1cccc(Cl)c1. The van der Waals surface area contributed by atoms with Crippen LogP contribution in [0.4, 0.5) is 0 Å². The molecule has 0 aromatic heterocycles. The molecule has 0 heterocycles. The highest BCUT2D eigenvalue weighted by atomic mass is 35.5. The number of carbonyl (C=O) groups is 1. The maximum atomic E-state index is 11.3. The van der Waals surface area contributed by atoms with Crippen molar-refractivity contribution in [2.75, 3.05) is 13.2 Å². The van der Waals surface area contributed by atoms with Gasteiger partial charge in [-0.15, -0.1) is 0 Å². The number of rotatable bonds is 6. The Hall–Kier alpha value is -1.26. The van der Waals surface area contributed by atoms with Crippen molar-refractivity contribution in [2.24, 2.45) is 0 Å². The lowest BCUT2D eigenvalue weighted by Gasteiger charge is -2.11. The first-order chi connectivity index (χ1) is 8.11. The van der Waals surface area contributed by atoms with Gasteiger partial charge in [0, 0.05) is 11.1 Å². The second kappa shape index (κ2) is 7.14. The Morgan fingerprint density at radius 1 is 1.59 bits per heavy atom. The van der Waals surface area contributed by atoms with E-state index in [0.29, 0.717) is 10.8 Å². The van der Waals surface area contributed by atoms with E-state index in [1.165, 1.54) is 0 Å². The topological polar surface area (TPSA) is 58.6 Å². The Balaban J connectivity index is 2.26. The summed E-state index contributed by atoms with van der Waals surface area (Å²) in [4.78, 5) is 11.3. The third-order valence-corrected chi connectivity index (χ3v) is 2.31. The van der Waals surface area contributed by atoms with Crippen molar-refractivity contribution < 1.29 is 14.6 Å². The molecule has 0 saturated carbocycles. The summed E-state index contributed by atoms with van der Waals surface area (Å²) < 4.78 is 5.36. The molecule has 0 aliphatic heterocycles. The number of benzene rings is 1. The van der Waals surface area contributed by atoms with E-state index in [9.17, 15) is 4.79 Å². The molecule has 5 heteroatoms. The van der Waals surface area contributed by atoms with Gasteiger partial charge in [-0.3, -0.25) is 4.79 Å². The number of carbonyl (C=O) groups excluding carboxylic acids is 1. The van der Waals surface area contributed by atoms with Crippen molar-refractivity contribution in [2.45, 2.75) is 19.4 Å². The molecule has 0 unspecified atom stereocenters. The van der Waals surface area contributed by atoms with Crippen LogP contribution in [-0.4, -0.2) is 30.3 Å². The molecule has 0 fully saturated rings. The van der Waals surface area contributed by atoms with Gasteiger partial charge in [0.15, 0.2) is 0 Å². The Bertz CT molecular complexity index is 371. The average molecular weight is 258 g/mol.